The maximum atomic E-state index is 12.0. The summed E-state index contributed by atoms with van der Waals surface area (Å²) in [4.78, 5) is 28.5. The van der Waals surface area contributed by atoms with E-state index in [4.69, 9.17) is 23.1 Å². The fourth-order valence-corrected chi connectivity index (χ4v) is 2.67. The molecule has 108 valence electrons. The lowest BCUT2D eigenvalue weighted by Crippen LogP contribution is -2.34. The molecule has 1 N–H and O–H groups in total. The predicted octanol–water partition coefficient (Wildman–Crippen LogP) is 1.61. The first-order valence-electron chi connectivity index (χ1n) is 5.76. The molecule has 0 atom stereocenters. The molecular weight excluding hydrogens is 314 g/mol. The summed E-state index contributed by atoms with van der Waals surface area (Å²) in [6, 6.07) is 0. The molecule has 0 aliphatic rings. The number of thiazole rings is 1. The summed E-state index contributed by atoms with van der Waals surface area (Å²) in [5.74, 6) is 0.617. The molecule has 0 aromatic carbocycles. The molecule has 0 aliphatic carbocycles. The fourth-order valence-electron chi connectivity index (χ4n) is 1.67. The van der Waals surface area contributed by atoms with E-state index < -0.39 is 18.4 Å². The molecule has 2 aromatic heterocycles. The smallest absolute Gasteiger partial charge is 0.323 e. The largest absolute Gasteiger partial charge is 0.480 e. The molecule has 0 bridgehead atoms. The lowest BCUT2D eigenvalue weighted by Gasteiger charge is -2.15. The van der Waals surface area contributed by atoms with Crippen LogP contribution in [0.2, 0.25) is 5.15 Å². The van der Waals surface area contributed by atoms with Crippen LogP contribution in [0.25, 0.3) is 11.0 Å². The second-order valence-electron chi connectivity index (χ2n) is 3.97. The SMILES string of the molecule is C#CCN(CC(=O)O)C(=O)C=Cc1c(Cl)nc2sccn12. The standard InChI is InChI=1S/C13H10ClN3O3S/c1-2-5-16(8-11(19)20)10(18)4-3-9-12(14)15-13-17(9)6-7-21-13/h1,3-4,6-7H,5,8H2,(H,19,20). The first-order valence-corrected chi connectivity index (χ1v) is 7.02. The molecule has 0 aliphatic heterocycles. The number of aromatic nitrogens is 2. The van der Waals surface area contributed by atoms with Gasteiger partial charge in [0, 0.05) is 17.7 Å². The van der Waals surface area contributed by atoms with Crippen molar-refractivity contribution in [2.24, 2.45) is 0 Å². The molecule has 0 spiro atoms. The zero-order valence-corrected chi connectivity index (χ0v) is 12.3. The number of amides is 1. The van der Waals surface area contributed by atoms with Gasteiger partial charge in [0.25, 0.3) is 0 Å². The Morgan fingerprint density at radius 1 is 1.62 bits per heavy atom. The highest BCUT2D eigenvalue weighted by Gasteiger charge is 2.14. The second kappa shape index (κ2) is 6.43. The van der Waals surface area contributed by atoms with Crippen molar-refractivity contribution >= 4 is 45.9 Å². The molecule has 0 fully saturated rings. The third-order valence-corrected chi connectivity index (χ3v) is 3.59. The zero-order valence-electron chi connectivity index (χ0n) is 10.7. The van der Waals surface area contributed by atoms with Crippen molar-refractivity contribution in [3.8, 4) is 12.3 Å². The molecule has 21 heavy (non-hydrogen) atoms. The predicted molar refractivity (Wildman–Crippen MR) is 80.2 cm³/mol. The van der Waals surface area contributed by atoms with Gasteiger partial charge in [0.2, 0.25) is 5.91 Å². The highest BCUT2D eigenvalue weighted by atomic mass is 35.5. The number of nitrogens with zero attached hydrogens (tertiary/aromatic N) is 3. The van der Waals surface area contributed by atoms with E-state index in [1.54, 1.807) is 10.6 Å². The average molecular weight is 324 g/mol. The highest BCUT2D eigenvalue weighted by molar-refractivity contribution is 7.15. The van der Waals surface area contributed by atoms with Gasteiger partial charge >= 0.3 is 5.97 Å². The van der Waals surface area contributed by atoms with Crippen LogP contribution in [0.1, 0.15) is 5.69 Å². The molecule has 2 rings (SSSR count). The van der Waals surface area contributed by atoms with Crippen molar-refractivity contribution in [3.63, 3.8) is 0 Å². The normalized spacial score (nSPS) is 10.9. The number of carboxylic acids is 1. The van der Waals surface area contributed by atoms with Crippen LogP contribution in [0.15, 0.2) is 17.7 Å². The van der Waals surface area contributed by atoms with Crippen molar-refractivity contribution in [1.82, 2.24) is 14.3 Å². The van der Waals surface area contributed by atoms with Gasteiger partial charge in [0.15, 0.2) is 10.1 Å². The van der Waals surface area contributed by atoms with Gasteiger partial charge in [-0.3, -0.25) is 14.0 Å². The molecule has 0 radical (unpaired) electrons. The van der Waals surface area contributed by atoms with Gasteiger partial charge in [-0.05, 0) is 6.08 Å². The Morgan fingerprint density at radius 2 is 2.38 bits per heavy atom. The van der Waals surface area contributed by atoms with E-state index in [0.29, 0.717) is 10.7 Å². The number of fused-ring (bicyclic) bond motifs is 1. The summed E-state index contributed by atoms with van der Waals surface area (Å²) >= 11 is 7.40. The quantitative estimate of drug-likeness (QED) is 0.670. The van der Waals surface area contributed by atoms with Gasteiger partial charge in [-0.1, -0.05) is 17.5 Å². The molecule has 2 aromatic rings. The third-order valence-electron chi connectivity index (χ3n) is 2.56. The molecule has 1 amide bonds. The first kappa shape index (κ1) is 15.1. The summed E-state index contributed by atoms with van der Waals surface area (Å²) in [5.41, 5.74) is 0.553. The van der Waals surface area contributed by atoms with Crippen molar-refractivity contribution in [1.29, 1.82) is 0 Å². The number of terminal acetylenes is 1. The Labute approximate surface area is 129 Å². The Bertz CT molecular complexity index is 756. The van der Waals surface area contributed by atoms with E-state index in [1.165, 1.54) is 23.5 Å². The number of hydrogen-bond acceptors (Lipinski definition) is 4. The Balaban J connectivity index is 2.21. The van der Waals surface area contributed by atoms with Crippen LogP contribution in [-0.4, -0.2) is 44.4 Å². The molecule has 0 saturated heterocycles. The van der Waals surface area contributed by atoms with Crippen LogP contribution >= 0.6 is 22.9 Å². The minimum atomic E-state index is -1.13. The molecule has 6 nitrogen and oxygen atoms in total. The van der Waals surface area contributed by atoms with Crippen molar-refractivity contribution in [3.05, 3.63) is 28.5 Å². The maximum absolute atomic E-state index is 12.0. The molecule has 0 unspecified atom stereocenters. The first-order chi connectivity index (χ1) is 10.0. The van der Waals surface area contributed by atoms with Crippen LogP contribution in [-0.2, 0) is 9.59 Å². The molecule has 2 heterocycles. The van der Waals surface area contributed by atoms with E-state index in [1.807, 2.05) is 5.38 Å². The number of carbonyl (C=O) groups excluding carboxylic acids is 1. The van der Waals surface area contributed by atoms with Crippen molar-refractivity contribution in [2.45, 2.75) is 0 Å². The number of carbonyl (C=O) groups is 2. The van der Waals surface area contributed by atoms with Crippen LogP contribution in [0.4, 0.5) is 0 Å². The minimum Gasteiger partial charge on any atom is -0.480 e. The number of rotatable bonds is 5. The van der Waals surface area contributed by atoms with Gasteiger partial charge in [0.05, 0.1) is 12.2 Å². The van der Waals surface area contributed by atoms with E-state index >= 15 is 0 Å². The maximum Gasteiger partial charge on any atom is 0.323 e. The Morgan fingerprint density at radius 3 is 3.05 bits per heavy atom. The van der Waals surface area contributed by atoms with Crippen LogP contribution in [0, 0.1) is 12.3 Å². The summed E-state index contributed by atoms with van der Waals surface area (Å²) in [6.45, 7) is -0.537. The van der Waals surface area contributed by atoms with Crippen LogP contribution in [0.5, 0.6) is 0 Å². The Hall–Kier alpha value is -2.30. The van der Waals surface area contributed by atoms with Crippen molar-refractivity contribution in [2.75, 3.05) is 13.1 Å². The fraction of sp³-hybridized carbons (Fsp3) is 0.154. The average Bonchev–Trinajstić information content (AvgIpc) is 2.96. The monoisotopic (exact) mass is 323 g/mol. The van der Waals surface area contributed by atoms with E-state index in [-0.39, 0.29) is 11.7 Å². The number of hydrogen-bond donors (Lipinski definition) is 1. The van der Waals surface area contributed by atoms with Gasteiger partial charge in [-0.25, -0.2) is 4.98 Å². The van der Waals surface area contributed by atoms with Gasteiger partial charge in [0.1, 0.15) is 6.54 Å². The minimum absolute atomic E-state index is 0.0799. The number of halogens is 1. The van der Waals surface area contributed by atoms with E-state index in [9.17, 15) is 9.59 Å². The molecular formula is C13H10ClN3O3S. The van der Waals surface area contributed by atoms with E-state index in [2.05, 4.69) is 10.9 Å². The lowest BCUT2D eigenvalue weighted by molar-refractivity contribution is -0.142. The van der Waals surface area contributed by atoms with Crippen molar-refractivity contribution < 1.29 is 14.7 Å². The van der Waals surface area contributed by atoms with Crippen LogP contribution < -0.4 is 0 Å². The highest BCUT2D eigenvalue weighted by Crippen LogP contribution is 2.22. The number of aliphatic carboxylic acids is 1. The number of carboxylic acid groups (broad SMARTS) is 1. The number of imidazole rings is 1. The van der Waals surface area contributed by atoms with Gasteiger partial charge in [-0.2, -0.15) is 0 Å². The summed E-state index contributed by atoms with van der Waals surface area (Å²) in [6.07, 6.45) is 9.62. The van der Waals surface area contributed by atoms with E-state index in [0.717, 1.165) is 4.90 Å². The lowest BCUT2D eigenvalue weighted by atomic mass is 10.3. The van der Waals surface area contributed by atoms with Crippen LogP contribution in [0.3, 0.4) is 0 Å². The summed E-state index contributed by atoms with van der Waals surface area (Å²) < 4.78 is 1.74. The molecule has 8 heteroatoms. The molecule has 0 saturated carbocycles. The summed E-state index contributed by atoms with van der Waals surface area (Å²) in [5, 5.41) is 10.9. The van der Waals surface area contributed by atoms with Gasteiger partial charge < -0.3 is 10.0 Å². The zero-order chi connectivity index (χ0) is 15.4. The van der Waals surface area contributed by atoms with Gasteiger partial charge in [-0.15, -0.1) is 17.8 Å². The topological polar surface area (TPSA) is 74.9 Å². The Kier molecular flexibility index (Phi) is 4.62. The third kappa shape index (κ3) is 3.42. The summed E-state index contributed by atoms with van der Waals surface area (Å²) in [7, 11) is 0. The second-order valence-corrected chi connectivity index (χ2v) is 5.20.